The highest BCUT2D eigenvalue weighted by Gasteiger charge is 2.60. The molecule has 2 aromatic rings. The number of nitrogens with one attached hydrogen (secondary N) is 2. The Hall–Kier alpha value is -2.62. The number of carbonyl (C=O) groups is 2. The van der Waals surface area contributed by atoms with E-state index in [4.69, 9.17) is 0 Å². The highest BCUT2D eigenvalue weighted by atomic mass is 16.2. The van der Waals surface area contributed by atoms with E-state index in [1.807, 2.05) is 18.2 Å². The van der Waals surface area contributed by atoms with Crippen LogP contribution in [0.1, 0.15) is 52.4 Å². The normalized spacial score (nSPS) is 39.3. The molecule has 4 nitrogen and oxygen atoms in total. The number of hydrogen-bond donors (Lipinski definition) is 2. The van der Waals surface area contributed by atoms with Crippen LogP contribution in [0.2, 0.25) is 0 Å². The second-order valence-electron chi connectivity index (χ2n) is 11.4. The quantitative estimate of drug-likeness (QED) is 0.628. The number of anilines is 1. The summed E-state index contributed by atoms with van der Waals surface area (Å²) in [6.07, 6.45) is 10.5. The van der Waals surface area contributed by atoms with Crippen molar-refractivity contribution in [2.45, 2.75) is 58.4 Å². The van der Waals surface area contributed by atoms with E-state index < -0.39 is 0 Å². The van der Waals surface area contributed by atoms with Crippen LogP contribution in [0.3, 0.4) is 0 Å². The molecular formula is C29H34N2O2. The van der Waals surface area contributed by atoms with Crippen molar-refractivity contribution in [3.05, 3.63) is 54.6 Å². The zero-order chi connectivity index (χ0) is 22.8. The molecule has 172 valence electrons. The van der Waals surface area contributed by atoms with E-state index in [0.29, 0.717) is 17.8 Å². The highest BCUT2D eigenvalue weighted by molar-refractivity contribution is 5.96. The van der Waals surface area contributed by atoms with Crippen LogP contribution in [0.4, 0.5) is 5.69 Å². The molecule has 0 saturated heterocycles. The van der Waals surface area contributed by atoms with E-state index in [-0.39, 0.29) is 34.6 Å². The summed E-state index contributed by atoms with van der Waals surface area (Å²) in [5, 5.41) is 8.85. The Bertz CT molecular complexity index is 1160. The van der Waals surface area contributed by atoms with Gasteiger partial charge in [0, 0.05) is 23.1 Å². The Balaban J connectivity index is 1.23. The SMILES string of the molecule is C[C@]12C=CC(=O)N[C@@H]1CC[C@@H]1[C@@H]2CC[C@]2(C)[C@@H](C(=O)Nc3ccc4ccccc4c3)CC[C@@H]12. The van der Waals surface area contributed by atoms with Gasteiger partial charge in [0.05, 0.1) is 0 Å². The first kappa shape index (κ1) is 20.9. The molecule has 3 aliphatic carbocycles. The Morgan fingerprint density at radius 2 is 1.79 bits per heavy atom. The van der Waals surface area contributed by atoms with E-state index in [2.05, 4.69) is 54.8 Å². The topological polar surface area (TPSA) is 58.2 Å². The van der Waals surface area contributed by atoms with Crippen LogP contribution in [-0.4, -0.2) is 17.9 Å². The minimum absolute atomic E-state index is 0.0452. The van der Waals surface area contributed by atoms with Gasteiger partial charge in [-0.25, -0.2) is 0 Å². The molecule has 6 rings (SSSR count). The van der Waals surface area contributed by atoms with Gasteiger partial charge >= 0.3 is 0 Å². The van der Waals surface area contributed by atoms with E-state index >= 15 is 0 Å². The molecule has 0 bridgehead atoms. The zero-order valence-electron chi connectivity index (χ0n) is 19.6. The summed E-state index contributed by atoms with van der Waals surface area (Å²) in [5.41, 5.74) is 1.01. The van der Waals surface area contributed by atoms with Crippen LogP contribution in [0.5, 0.6) is 0 Å². The molecule has 3 saturated carbocycles. The second-order valence-corrected chi connectivity index (χ2v) is 11.4. The number of benzene rings is 2. The highest BCUT2D eigenvalue weighted by Crippen LogP contribution is 2.65. The maximum Gasteiger partial charge on any atom is 0.243 e. The molecule has 0 spiro atoms. The Morgan fingerprint density at radius 3 is 2.64 bits per heavy atom. The molecule has 7 atom stereocenters. The van der Waals surface area contributed by atoms with Crippen molar-refractivity contribution in [3.63, 3.8) is 0 Å². The van der Waals surface area contributed by atoms with E-state index in [1.54, 1.807) is 6.08 Å². The van der Waals surface area contributed by atoms with Crippen LogP contribution in [-0.2, 0) is 9.59 Å². The summed E-state index contributed by atoms with van der Waals surface area (Å²) < 4.78 is 0. The fourth-order valence-corrected chi connectivity index (χ4v) is 8.26. The van der Waals surface area contributed by atoms with Gasteiger partial charge in [-0.1, -0.05) is 50.3 Å². The summed E-state index contributed by atoms with van der Waals surface area (Å²) in [6.45, 7) is 4.74. The third kappa shape index (κ3) is 3.17. The fourth-order valence-electron chi connectivity index (χ4n) is 8.26. The van der Waals surface area contributed by atoms with Gasteiger partial charge < -0.3 is 10.6 Å². The van der Waals surface area contributed by atoms with Crippen molar-refractivity contribution >= 4 is 28.3 Å². The number of fused-ring (bicyclic) bond motifs is 6. The second kappa shape index (κ2) is 7.44. The van der Waals surface area contributed by atoms with Crippen molar-refractivity contribution in [1.82, 2.24) is 5.32 Å². The first-order valence-electron chi connectivity index (χ1n) is 12.7. The maximum absolute atomic E-state index is 13.5. The van der Waals surface area contributed by atoms with Crippen LogP contribution in [0.15, 0.2) is 54.6 Å². The van der Waals surface area contributed by atoms with Crippen LogP contribution >= 0.6 is 0 Å². The molecule has 2 N–H and O–H groups in total. The fraction of sp³-hybridized carbons (Fsp3) is 0.517. The third-order valence-electron chi connectivity index (χ3n) is 10.0. The van der Waals surface area contributed by atoms with Crippen molar-refractivity contribution in [3.8, 4) is 0 Å². The molecule has 2 aromatic carbocycles. The molecule has 2 amide bonds. The molecule has 0 aromatic heterocycles. The van der Waals surface area contributed by atoms with Crippen molar-refractivity contribution in [2.24, 2.45) is 34.5 Å². The average Bonchev–Trinajstić information content (AvgIpc) is 3.17. The van der Waals surface area contributed by atoms with Crippen LogP contribution in [0, 0.1) is 34.5 Å². The summed E-state index contributed by atoms with van der Waals surface area (Å²) in [5.74, 6) is 2.15. The molecule has 0 radical (unpaired) electrons. The van der Waals surface area contributed by atoms with Crippen molar-refractivity contribution in [1.29, 1.82) is 0 Å². The van der Waals surface area contributed by atoms with E-state index in [1.165, 1.54) is 5.39 Å². The number of carbonyl (C=O) groups excluding carboxylic acids is 2. The Morgan fingerprint density at radius 1 is 0.970 bits per heavy atom. The first-order valence-corrected chi connectivity index (χ1v) is 12.7. The van der Waals surface area contributed by atoms with Gasteiger partial charge in [0.15, 0.2) is 0 Å². The Labute approximate surface area is 196 Å². The zero-order valence-corrected chi connectivity index (χ0v) is 19.6. The molecule has 1 heterocycles. The molecule has 4 aliphatic rings. The summed E-state index contributed by atoms with van der Waals surface area (Å²) in [7, 11) is 0. The third-order valence-corrected chi connectivity index (χ3v) is 10.0. The van der Waals surface area contributed by atoms with Crippen molar-refractivity contribution < 1.29 is 9.59 Å². The monoisotopic (exact) mass is 442 g/mol. The average molecular weight is 443 g/mol. The first-order chi connectivity index (χ1) is 15.9. The minimum atomic E-state index is 0.0452. The predicted octanol–water partition coefficient (Wildman–Crippen LogP) is 5.69. The lowest BCUT2D eigenvalue weighted by atomic mass is 9.48. The predicted molar refractivity (Wildman–Crippen MR) is 132 cm³/mol. The van der Waals surface area contributed by atoms with Gasteiger partial charge in [-0.15, -0.1) is 0 Å². The number of hydrogen-bond acceptors (Lipinski definition) is 2. The molecule has 3 fully saturated rings. The van der Waals surface area contributed by atoms with E-state index in [9.17, 15) is 9.59 Å². The summed E-state index contributed by atoms with van der Waals surface area (Å²) >= 11 is 0. The lowest BCUT2D eigenvalue weighted by Gasteiger charge is -2.58. The summed E-state index contributed by atoms with van der Waals surface area (Å²) in [4.78, 5) is 25.5. The lowest BCUT2D eigenvalue weighted by molar-refractivity contribution is -0.129. The van der Waals surface area contributed by atoms with Crippen LogP contribution < -0.4 is 10.6 Å². The minimum Gasteiger partial charge on any atom is -0.349 e. The molecule has 4 heteroatoms. The maximum atomic E-state index is 13.5. The Kier molecular flexibility index (Phi) is 4.73. The standard InChI is InChI=1S/C29H34N2O2/c1-28-15-13-23-21(9-12-25-29(23,2)16-14-26(32)31-25)22(28)10-11-24(28)27(33)30-20-8-7-18-5-3-4-6-19(18)17-20/h3-8,14,16-17,21-25H,9-13,15H2,1-2H3,(H,30,33)(H,31,32)/t21-,22-,23-,24+,25+,28-,29+/m0/s1. The lowest BCUT2D eigenvalue weighted by Crippen LogP contribution is -2.59. The molecule has 1 aliphatic heterocycles. The summed E-state index contributed by atoms with van der Waals surface area (Å²) in [6, 6.07) is 14.7. The van der Waals surface area contributed by atoms with E-state index in [0.717, 1.165) is 49.6 Å². The number of rotatable bonds is 2. The van der Waals surface area contributed by atoms with Gasteiger partial charge in [0.1, 0.15) is 0 Å². The van der Waals surface area contributed by atoms with Gasteiger partial charge in [0.25, 0.3) is 0 Å². The van der Waals surface area contributed by atoms with Gasteiger partial charge in [-0.05, 0) is 90.7 Å². The van der Waals surface area contributed by atoms with Gasteiger partial charge in [0.2, 0.25) is 11.8 Å². The molecule has 33 heavy (non-hydrogen) atoms. The largest absolute Gasteiger partial charge is 0.349 e. The van der Waals surface area contributed by atoms with Gasteiger partial charge in [-0.3, -0.25) is 9.59 Å². The van der Waals surface area contributed by atoms with Crippen molar-refractivity contribution in [2.75, 3.05) is 5.32 Å². The van der Waals surface area contributed by atoms with Crippen LogP contribution in [0.25, 0.3) is 10.8 Å². The smallest absolute Gasteiger partial charge is 0.243 e. The molecular weight excluding hydrogens is 408 g/mol. The van der Waals surface area contributed by atoms with Gasteiger partial charge in [-0.2, -0.15) is 0 Å². The molecule has 0 unspecified atom stereocenters. The number of amides is 2.